The van der Waals surface area contributed by atoms with E-state index in [1.54, 1.807) is 0 Å². The van der Waals surface area contributed by atoms with Crippen LogP contribution in [0.1, 0.15) is 0 Å². The first-order valence-electron chi connectivity index (χ1n) is 4.18. The molecule has 1 amide bonds. The zero-order valence-corrected chi connectivity index (χ0v) is 6.97. The van der Waals surface area contributed by atoms with Crippen LogP contribution in [-0.2, 0) is 9.47 Å². The maximum absolute atomic E-state index is 10.8. The number of aliphatic hydroxyl groups is 1. The van der Waals surface area contributed by atoms with Crippen LogP contribution in [-0.4, -0.2) is 42.7 Å². The van der Waals surface area contributed by atoms with Crippen LogP contribution >= 0.6 is 0 Å². The third-order valence-corrected chi connectivity index (χ3v) is 2.46. The van der Waals surface area contributed by atoms with Crippen LogP contribution in [0.3, 0.4) is 0 Å². The molecule has 13 heavy (non-hydrogen) atoms. The number of hydrogen-bond donors (Lipinski definition) is 2. The van der Waals surface area contributed by atoms with Gasteiger partial charge in [-0.05, 0) is 0 Å². The van der Waals surface area contributed by atoms with Crippen molar-refractivity contribution in [2.45, 2.75) is 18.3 Å². The molecule has 2 rings (SSSR count). The summed E-state index contributed by atoms with van der Waals surface area (Å²) < 4.78 is 10.2. The number of amides is 1. The lowest BCUT2D eigenvalue weighted by Crippen LogP contribution is -2.48. The quantitative estimate of drug-likeness (QED) is 0.560. The van der Waals surface area contributed by atoms with E-state index in [0.717, 1.165) is 0 Å². The summed E-state index contributed by atoms with van der Waals surface area (Å²) in [4.78, 5) is 10.8. The standard InChI is InChI=1S/C8H11NO4/c1-4-7-5(6(3-10)12-4)2-9-8(11)13-7/h1,4-7,10H,2-3H2,(H,9,11)/t4-,5-,6+,7?/m0/s1. The number of nitrogens with one attached hydrogen (secondary N) is 1. The van der Waals surface area contributed by atoms with Gasteiger partial charge in [0.1, 0.15) is 6.10 Å². The normalized spacial score (nSPS) is 43.7. The average molecular weight is 185 g/mol. The zero-order chi connectivity index (χ0) is 9.42. The topological polar surface area (TPSA) is 67.8 Å². The molecule has 2 fully saturated rings. The molecular formula is C8H11NO4. The summed E-state index contributed by atoms with van der Waals surface area (Å²) in [5, 5.41) is 11.5. The van der Waals surface area contributed by atoms with Crippen molar-refractivity contribution in [3.05, 3.63) is 6.92 Å². The minimum Gasteiger partial charge on any atom is -0.443 e. The third-order valence-electron chi connectivity index (χ3n) is 2.46. The van der Waals surface area contributed by atoms with Crippen LogP contribution in [0, 0.1) is 12.8 Å². The molecule has 0 saturated carbocycles. The Morgan fingerprint density at radius 2 is 2.46 bits per heavy atom. The fraction of sp³-hybridized carbons (Fsp3) is 0.750. The lowest BCUT2D eigenvalue weighted by Gasteiger charge is -2.27. The van der Waals surface area contributed by atoms with Gasteiger partial charge in [-0.2, -0.15) is 0 Å². The Kier molecular flexibility index (Phi) is 2.13. The predicted octanol–water partition coefficient (Wildman–Crippen LogP) is -0.818. The van der Waals surface area contributed by atoms with Crippen molar-refractivity contribution >= 4 is 6.09 Å². The lowest BCUT2D eigenvalue weighted by molar-refractivity contribution is 0.00953. The summed E-state index contributed by atoms with van der Waals surface area (Å²) in [6.07, 6.45) is -1.85. The Labute approximate surface area is 76.0 Å². The van der Waals surface area contributed by atoms with E-state index >= 15 is 0 Å². The highest BCUT2D eigenvalue weighted by Gasteiger charge is 2.46. The molecule has 5 heteroatoms. The van der Waals surface area contributed by atoms with Crippen molar-refractivity contribution < 1.29 is 19.4 Å². The molecule has 0 aliphatic carbocycles. The molecule has 4 atom stereocenters. The van der Waals surface area contributed by atoms with Crippen LogP contribution in [0.15, 0.2) is 0 Å². The molecule has 5 nitrogen and oxygen atoms in total. The van der Waals surface area contributed by atoms with Crippen molar-refractivity contribution in [1.82, 2.24) is 5.32 Å². The summed E-state index contributed by atoms with van der Waals surface area (Å²) >= 11 is 0. The van der Waals surface area contributed by atoms with Crippen molar-refractivity contribution in [2.24, 2.45) is 5.92 Å². The van der Waals surface area contributed by atoms with E-state index in [0.29, 0.717) is 6.54 Å². The molecule has 0 aromatic heterocycles. The van der Waals surface area contributed by atoms with Gasteiger partial charge in [0.25, 0.3) is 0 Å². The predicted molar refractivity (Wildman–Crippen MR) is 41.8 cm³/mol. The van der Waals surface area contributed by atoms with Gasteiger partial charge in [-0.3, -0.25) is 0 Å². The molecule has 0 spiro atoms. The van der Waals surface area contributed by atoms with E-state index in [1.165, 1.54) is 0 Å². The molecule has 2 aliphatic heterocycles. The molecule has 0 aromatic rings. The van der Waals surface area contributed by atoms with Crippen LogP contribution < -0.4 is 5.32 Å². The molecule has 2 N–H and O–H groups in total. The first kappa shape index (κ1) is 8.77. The van der Waals surface area contributed by atoms with Crippen LogP contribution in [0.25, 0.3) is 0 Å². The Balaban J connectivity index is 2.09. The highest BCUT2D eigenvalue weighted by molar-refractivity contribution is 5.68. The highest BCUT2D eigenvalue weighted by atomic mass is 16.6. The number of ether oxygens (including phenoxy) is 2. The SMILES string of the molecule is [CH][C@@H]1O[C@H](CO)[C@@H]2CNC(=O)OC12. The van der Waals surface area contributed by atoms with E-state index < -0.39 is 18.3 Å². The monoisotopic (exact) mass is 185 g/mol. The maximum Gasteiger partial charge on any atom is 0.407 e. The molecule has 72 valence electrons. The molecule has 2 saturated heterocycles. The van der Waals surface area contributed by atoms with Crippen LogP contribution in [0.2, 0.25) is 0 Å². The molecule has 2 radical (unpaired) electrons. The molecule has 0 aromatic carbocycles. The van der Waals surface area contributed by atoms with Crippen molar-refractivity contribution in [1.29, 1.82) is 0 Å². The largest absolute Gasteiger partial charge is 0.443 e. The van der Waals surface area contributed by atoms with Crippen molar-refractivity contribution in [3.63, 3.8) is 0 Å². The summed E-state index contributed by atoms with van der Waals surface area (Å²) in [7, 11) is 0. The smallest absolute Gasteiger partial charge is 0.407 e. The van der Waals surface area contributed by atoms with Gasteiger partial charge in [0, 0.05) is 19.4 Å². The van der Waals surface area contributed by atoms with Crippen LogP contribution in [0.5, 0.6) is 0 Å². The Morgan fingerprint density at radius 3 is 3.15 bits per heavy atom. The van der Waals surface area contributed by atoms with Gasteiger partial charge in [-0.15, -0.1) is 0 Å². The van der Waals surface area contributed by atoms with Gasteiger partial charge < -0.3 is 19.9 Å². The van der Waals surface area contributed by atoms with Gasteiger partial charge in [0.2, 0.25) is 0 Å². The summed E-state index contributed by atoms with van der Waals surface area (Å²) in [6, 6.07) is 0. The van der Waals surface area contributed by atoms with Gasteiger partial charge in [0.05, 0.1) is 18.8 Å². The minimum atomic E-state index is -0.617. The van der Waals surface area contributed by atoms with Gasteiger partial charge in [-0.1, -0.05) is 0 Å². The zero-order valence-electron chi connectivity index (χ0n) is 6.97. The number of alkyl carbamates (subject to hydrolysis) is 1. The number of rotatable bonds is 1. The van der Waals surface area contributed by atoms with Gasteiger partial charge >= 0.3 is 6.09 Å². The number of hydrogen-bond acceptors (Lipinski definition) is 4. The molecular weight excluding hydrogens is 174 g/mol. The van der Waals surface area contributed by atoms with Crippen molar-refractivity contribution in [3.8, 4) is 0 Å². The second-order valence-corrected chi connectivity index (χ2v) is 3.24. The third kappa shape index (κ3) is 1.38. The molecule has 0 bridgehead atoms. The number of carbonyl (C=O) groups is 1. The average Bonchev–Trinajstić information content (AvgIpc) is 2.43. The Morgan fingerprint density at radius 1 is 1.69 bits per heavy atom. The first-order valence-corrected chi connectivity index (χ1v) is 4.18. The number of carbonyl (C=O) groups excluding carboxylic acids is 1. The number of fused-ring (bicyclic) bond motifs is 1. The molecule has 2 aliphatic rings. The molecule has 1 unspecified atom stereocenters. The molecule has 2 heterocycles. The van der Waals surface area contributed by atoms with E-state index in [9.17, 15) is 4.79 Å². The Hall–Kier alpha value is -0.810. The van der Waals surface area contributed by atoms with Gasteiger partial charge in [0.15, 0.2) is 0 Å². The second kappa shape index (κ2) is 3.16. The summed E-state index contributed by atoms with van der Waals surface area (Å²) in [5.74, 6) is -0.0438. The maximum atomic E-state index is 10.8. The first-order chi connectivity index (χ1) is 6.22. The van der Waals surface area contributed by atoms with E-state index in [-0.39, 0.29) is 18.6 Å². The van der Waals surface area contributed by atoms with E-state index in [2.05, 4.69) is 5.32 Å². The van der Waals surface area contributed by atoms with Crippen molar-refractivity contribution in [2.75, 3.05) is 13.2 Å². The fourth-order valence-corrected chi connectivity index (χ4v) is 1.78. The second-order valence-electron chi connectivity index (χ2n) is 3.24. The summed E-state index contributed by atoms with van der Waals surface area (Å²) in [6.45, 7) is 5.92. The summed E-state index contributed by atoms with van der Waals surface area (Å²) in [5.41, 5.74) is 0. The van der Waals surface area contributed by atoms with E-state index in [1.807, 2.05) is 0 Å². The lowest BCUT2D eigenvalue weighted by atomic mass is 9.96. The fourth-order valence-electron chi connectivity index (χ4n) is 1.78. The van der Waals surface area contributed by atoms with Gasteiger partial charge in [-0.25, -0.2) is 4.79 Å². The van der Waals surface area contributed by atoms with Crippen LogP contribution in [0.4, 0.5) is 4.79 Å². The minimum absolute atomic E-state index is 0.0438. The Bertz CT molecular complexity index is 220. The highest BCUT2D eigenvalue weighted by Crippen LogP contribution is 2.30. The number of aliphatic hydroxyl groups excluding tert-OH is 1. The van der Waals surface area contributed by atoms with E-state index in [4.69, 9.17) is 21.5 Å².